The number of alkyl halides is 2. The van der Waals surface area contributed by atoms with E-state index in [0.29, 0.717) is 6.54 Å². The second-order valence-electron chi connectivity index (χ2n) is 4.49. The summed E-state index contributed by atoms with van der Waals surface area (Å²) in [4.78, 5) is 17.0. The summed E-state index contributed by atoms with van der Waals surface area (Å²) in [5.41, 5.74) is 0.877. The van der Waals surface area contributed by atoms with Gasteiger partial charge in [0.25, 0.3) is 5.92 Å². The standard InChI is InChI=1S/C12H15F2N3O2/c1-17(6-9-2-4-15-5-3-9)11(18)16-10-7-19-8-12(10,13)14/h2-5,10H,6-8H2,1H3,(H,16,18). The van der Waals surface area contributed by atoms with Crippen molar-refractivity contribution in [2.24, 2.45) is 0 Å². The van der Waals surface area contributed by atoms with E-state index in [9.17, 15) is 13.6 Å². The van der Waals surface area contributed by atoms with Gasteiger partial charge in [0.1, 0.15) is 12.6 Å². The van der Waals surface area contributed by atoms with Crippen LogP contribution in [0.15, 0.2) is 24.5 Å². The van der Waals surface area contributed by atoms with Crippen molar-refractivity contribution < 1.29 is 18.3 Å². The van der Waals surface area contributed by atoms with Gasteiger partial charge in [-0.05, 0) is 17.7 Å². The van der Waals surface area contributed by atoms with Crippen molar-refractivity contribution in [2.45, 2.75) is 18.5 Å². The highest BCUT2D eigenvalue weighted by atomic mass is 19.3. The predicted octanol–water partition coefficient (Wildman–Crippen LogP) is 1.26. The van der Waals surface area contributed by atoms with Gasteiger partial charge in [0.2, 0.25) is 0 Å². The molecule has 1 aromatic rings. The number of hydrogen-bond acceptors (Lipinski definition) is 3. The Hall–Kier alpha value is -1.76. The second-order valence-corrected chi connectivity index (χ2v) is 4.49. The van der Waals surface area contributed by atoms with E-state index < -0.39 is 24.6 Å². The first-order chi connectivity index (χ1) is 8.99. The fraction of sp³-hybridized carbons (Fsp3) is 0.500. The minimum Gasteiger partial charge on any atom is -0.373 e. The molecular formula is C12H15F2N3O2. The lowest BCUT2D eigenvalue weighted by Gasteiger charge is -2.23. The molecule has 0 aliphatic carbocycles. The van der Waals surface area contributed by atoms with Gasteiger partial charge in [-0.3, -0.25) is 4.98 Å². The third kappa shape index (κ3) is 3.37. The number of halogens is 2. The summed E-state index contributed by atoms with van der Waals surface area (Å²) in [6.45, 7) is -0.485. The number of aromatic nitrogens is 1. The van der Waals surface area contributed by atoms with Gasteiger partial charge < -0.3 is 15.0 Å². The third-order valence-electron chi connectivity index (χ3n) is 2.90. The Kier molecular flexibility index (Phi) is 3.94. The van der Waals surface area contributed by atoms with Crippen LogP contribution >= 0.6 is 0 Å². The van der Waals surface area contributed by atoms with Crippen LogP contribution in [0.4, 0.5) is 13.6 Å². The van der Waals surface area contributed by atoms with Gasteiger partial charge in [-0.25, -0.2) is 13.6 Å². The number of nitrogens with zero attached hydrogens (tertiary/aromatic N) is 2. The van der Waals surface area contributed by atoms with Crippen LogP contribution in [0, 0.1) is 0 Å². The molecule has 5 nitrogen and oxygen atoms in total. The van der Waals surface area contributed by atoms with E-state index in [1.807, 2.05) is 0 Å². The summed E-state index contributed by atoms with van der Waals surface area (Å²) >= 11 is 0. The number of rotatable bonds is 3. The maximum Gasteiger partial charge on any atom is 0.317 e. The monoisotopic (exact) mass is 271 g/mol. The molecule has 0 aromatic carbocycles. The van der Waals surface area contributed by atoms with Crippen molar-refractivity contribution in [2.75, 3.05) is 20.3 Å². The Morgan fingerprint density at radius 3 is 2.84 bits per heavy atom. The molecule has 0 radical (unpaired) electrons. The summed E-state index contributed by atoms with van der Waals surface area (Å²) in [6.07, 6.45) is 3.22. The van der Waals surface area contributed by atoms with Crippen LogP contribution in [-0.4, -0.2) is 48.1 Å². The molecule has 1 fully saturated rings. The van der Waals surface area contributed by atoms with Crippen molar-refractivity contribution in [3.05, 3.63) is 30.1 Å². The zero-order valence-corrected chi connectivity index (χ0v) is 10.5. The molecule has 104 valence electrons. The summed E-state index contributed by atoms with van der Waals surface area (Å²) in [5.74, 6) is -3.01. The van der Waals surface area contributed by atoms with Crippen LogP contribution in [-0.2, 0) is 11.3 Å². The summed E-state index contributed by atoms with van der Waals surface area (Å²) < 4.78 is 31.3. The van der Waals surface area contributed by atoms with Crippen molar-refractivity contribution in [1.82, 2.24) is 15.2 Å². The normalized spacial score (nSPS) is 21.1. The van der Waals surface area contributed by atoms with Crippen LogP contribution in [0.3, 0.4) is 0 Å². The van der Waals surface area contributed by atoms with Crippen LogP contribution < -0.4 is 5.32 Å². The van der Waals surface area contributed by atoms with E-state index in [-0.39, 0.29) is 6.61 Å². The highest BCUT2D eigenvalue weighted by Gasteiger charge is 2.46. The van der Waals surface area contributed by atoms with Crippen LogP contribution in [0.2, 0.25) is 0 Å². The van der Waals surface area contributed by atoms with Crippen LogP contribution in [0.1, 0.15) is 5.56 Å². The molecule has 0 bridgehead atoms. The Morgan fingerprint density at radius 2 is 2.26 bits per heavy atom. The lowest BCUT2D eigenvalue weighted by Crippen LogP contribution is -2.50. The van der Waals surface area contributed by atoms with Gasteiger partial charge in [0.15, 0.2) is 0 Å². The fourth-order valence-corrected chi connectivity index (χ4v) is 1.78. The van der Waals surface area contributed by atoms with Gasteiger partial charge in [0, 0.05) is 26.0 Å². The molecule has 1 saturated heterocycles. The minimum absolute atomic E-state index is 0.165. The van der Waals surface area contributed by atoms with E-state index in [0.717, 1.165) is 5.56 Å². The number of pyridine rings is 1. The Balaban J connectivity index is 1.89. The van der Waals surface area contributed by atoms with E-state index in [1.165, 1.54) is 4.90 Å². The maximum atomic E-state index is 13.3. The molecule has 1 aliphatic rings. The molecule has 1 aliphatic heterocycles. The SMILES string of the molecule is CN(Cc1ccncc1)C(=O)NC1COCC1(F)F. The van der Waals surface area contributed by atoms with Gasteiger partial charge in [0.05, 0.1) is 6.61 Å². The number of nitrogens with one attached hydrogen (secondary N) is 1. The molecule has 1 aromatic heterocycles. The van der Waals surface area contributed by atoms with Gasteiger partial charge in [-0.1, -0.05) is 0 Å². The average Bonchev–Trinajstić information content (AvgIpc) is 2.70. The van der Waals surface area contributed by atoms with Crippen LogP contribution in [0.25, 0.3) is 0 Å². The summed E-state index contributed by atoms with van der Waals surface area (Å²) in [6, 6.07) is 1.71. The van der Waals surface area contributed by atoms with Crippen molar-refractivity contribution in [3.8, 4) is 0 Å². The Morgan fingerprint density at radius 1 is 1.58 bits per heavy atom. The molecular weight excluding hydrogens is 256 g/mol. The average molecular weight is 271 g/mol. The minimum atomic E-state index is -3.01. The quantitative estimate of drug-likeness (QED) is 0.900. The fourth-order valence-electron chi connectivity index (χ4n) is 1.78. The highest BCUT2D eigenvalue weighted by molar-refractivity contribution is 5.74. The zero-order valence-electron chi connectivity index (χ0n) is 10.5. The van der Waals surface area contributed by atoms with Crippen molar-refractivity contribution in [3.63, 3.8) is 0 Å². The third-order valence-corrected chi connectivity index (χ3v) is 2.90. The van der Waals surface area contributed by atoms with E-state index in [1.54, 1.807) is 31.6 Å². The number of urea groups is 1. The number of carbonyl (C=O) groups excluding carboxylic acids is 1. The molecule has 1 unspecified atom stereocenters. The zero-order chi connectivity index (χ0) is 13.9. The van der Waals surface area contributed by atoms with Crippen LogP contribution in [0.5, 0.6) is 0 Å². The summed E-state index contributed by atoms with van der Waals surface area (Å²) in [5, 5.41) is 2.29. The molecule has 7 heteroatoms. The first-order valence-corrected chi connectivity index (χ1v) is 5.85. The first-order valence-electron chi connectivity index (χ1n) is 5.85. The van der Waals surface area contributed by atoms with Gasteiger partial charge in [-0.15, -0.1) is 0 Å². The molecule has 0 saturated carbocycles. The second kappa shape index (κ2) is 5.48. The number of carbonyl (C=O) groups is 1. The molecule has 19 heavy (non-hydrogen) atoms. The Bertz CT molecular complexity index is 442. The molecule has 0 spiro atoms. The van der Waals surface area contributed by atoms with E-state index >= 15 is 0 Å². The predicted molar refractivity (Wildman–Crippen MR) is 63.8 cm³/mol. The number of hydrogen-bond donors (Lipinski definition) is 1. The lowest BCUT2D eigenvalue weighted by atomic mass is 10.2. The van der Waals surface area contributed by atoms with E-state index in [4.69, 9.17) is 0 Å². The molecule has 1 atom stereocenters. The first kappa shape index (κ1) is 13.7. The molecule has 1 N–H and O–H groups in total. The summed E-state index contributed by atoms with van der Waals surface area (Å²) in [7, 11) is 1.55. The smallest absolute Gasteiger partial charge is 0.317 e. The number of ether oxygens (including phenoxy) is 1. The lowest BCUT2D eigenvalue weighted by molar-refractivity contribution is -0.0222. The number of amides is 2. The largest absolute Gasteiger partial charge is 0.373 e. The van der Waals surface area contributed by atoms with Gasteiger partial charge >= 0.3 is 6.03 Å². The van der Waals surface area contributed by atoms with E-state index in [2.05, 4.69) is 15.0 Å². The molecule has 2 amide bonds. The van der Waals surface area contributed by atoms with Gasteiger partial charge in [-0.2, -0.15) is 0 Å². The highest BCUT2D eigenvalue weighted by Crippen LogP contribution is 2.25. The Labute approximate surface area is 109 Å². The maximum absolute atomic E-state index is 13.3. The van der Waals surface area contributed by atoms with Crippen molar-refractivity contribution in [1.29, 1.82) is 0 Å². The topological polar surface area (TPSA) is 54.5 Å². The molecule has 2 heterocycles. The van der Waals surface area contributed by atoms with Crippen molar-refractivity contribution >= 4 is 6.03 Å². The molecule has 2 rings (SSSR count).